The van der Waals surface area contributed by atoms with Gasteiger partial charge in [-0.2, -0.15) is 0 Å². The molecular weight excluding hydrogens is 414 g/mol. The number of amides is 1. The van der Waals surface area contributed by atoms with Gasteiger partial charge in [-0.3, -0.25) is 4.79 Å². The van der Waals surface area contributed by atoms with Gasteiger partial charge in [-0.05, 0) is 51.0 Å². The number of alkyl carbamates (subject to hydrolysis) is 1. The zero-order valence-corrected chi connectivity index (χ0v) is 18.8. The molecule has 0 aliphatic heterocycles. The average Bonchev–Trinajstić information content (AvgIpc) is 3.11. The molecule has 7 nitrogen and oxygen atoms in total. The van der Waals surface area contributed by atoms with Crippen LogP contribution in [0.15, 0.2) is 33.9 Å². The number of ether oxygens (including phenoxy) is 1. The van der Waals surface area contributed by atoms with Crippen LogP contribution in [0.2, 0.25) is 5.02 Å². The van der Waals surface area contributed by atoms with Crippen LogP contribution in [0.5, 0.6) is 0 Å². The van der Waals surface area contributed by atoms with Gasteiger partial charge < -0.3 is 14.5 Å². The van der Waals surface area contributed by atoms with Crippen molar-refractivity contribution in [3.05, 3.63) is 40.7 Å². The molecule has 9 heteroatoms. The first-order chi connectivity index (χ1) is 13.6. The molecule has 1 aromatic heterocycles. The maximum atomic E-state index is 12.3. The first-order valence-corrected chi connectivity index (χ1v) is 10.7. The van der Waals surface area contributed by atoms with E-state index in [1.54, 1.807) is 45.0 Å². The quantitative estimate of drug-likeness (QED) is 0.439. The SMILES string of the molecule is CC[C@H](C)[C@@H](NC(=O)OC(C)(C)C)c1nnc(SCC(=O)c2ccc(Cl)cc2)o1. The van der Waals surface area contributed by atoms with Crippen molar-refractivity contribution in [1.82, 2.24) is 15.5 Å². The summed E-state index contributed by atoms with van der Waals surface area (Å²) >= 11 is 6.99. The Morgan fingerprint density at radius 2 is 1.90 bits per heavy atom. The Morgan fingerprint density at radius 3 is 2.48 bits per heavy atom. The maximum Gasteiger partial charge on any atom is 0.408 e. The molecule has 0 saturated heterocycles. The number of Topliss-reactive ketones (excluding diaryl/α,β-unsaturated/α-hetero) is 1. The first-order valence-electron chi connectivity index (χ1n) is 9.33. The second kappa shape index (κ2) is 10.1. The third-order valence-corrected chi connectivity index (χ3v) is 5.14. The Morgan fingerprint density at radius 1 is 1.24 bits per heavy atom. The number of rotatable bonds is 8. The van der Waals surface area contributed by atoms with E-state index in [1.807, 2.05) is 13.8 Å². The third-order valence-electron chi connectivity index (χ3n) is 4.07. The van der Waals surface area contributed by atoms with Gasteiger partial charge in [-0.25, -0.2) is 4.79 Å². The molecule has 0 unspecified atom stereocenters. The van der Waals surface area contributed by atoms with Crippen LogP contribution < -0.4 is 5.32 Å². The van der Waals surface area contributed by atoms with E-state index in [9.17, 15) is 9.59 Å². The average molecular weight is 440 g/mol. The number of halogens is 1. The Bertz CT molecular complexity index is 833. The minimum absolute atomic E-state index is 0.0523. The monoisotopic (exact) mass is 439 g/mol. The van der Waals surface area contributed by atoms with Gasteiger partial charge in [0.05, 0.1) is 5.75 Å². The highest BCUT2D eigenvalue weighted by Gasteiger charge is 2.28. The fourth-order valence-electron chi connectivity index (χ4n) is 2.37. The van der Waals surface area contributed by atoms with Crippen molar-refractivity contribution < 1.29 is 18.7 Å². The summed E-state index contributed by atoms with van der Waals surface area (Å²) in [4.78, 5) is 24.5. The minimum Gasteiger partial charge on any atom is -0.444 e. The largest absolute Gasteiger partial charge is 0.444 e. The van der Waals surface area contributed by atoms with Crippen molar-refractivity contribution in [2.75, 3.05) is 5.75 Å². The topological polar surface area (TPSA) is 94.3 Å². The number of benzene rings is 1. The van der Waals surface area contributed by atoms with E-state index in [1.165, 1.54) is 0 Å². The Balaban J connectivity index is 2.02. The summed E-state index contributed by atoms with van der Waals surface area (Å²) in [5.41, 5.74) is -0.0483. The molecule has 0 aliphatic rings. The van der Waals surface area contributed by atoms with Gasteiger partial charge >= 0.3 is 6.09 Å². The fraction of sp³-hybridized carbons (Fsp3) is 0.500. The van der Waals surface area contributed by atoms with Crippen LogP contribution >= 0.6 is 23.4 Å². The van der Waals surface area contributed by atoms with Gasteiger partial charge in [0.15, 0.2) is 5.78 Å². The summed E-state index contributed by atoms with van der Waals surface area (Å²) in [7, 11) is 0. The molecule has 0 bridgehead atoms. The zero-order chi connectivity index (χ0) is 21.6. The predicted molar refractivity (Wildman–Crippen MR) is 112 cm³/mol. The molecule has 29 heavy (non-hydrogen) atoms. The molecule has 2 atom stereocenters. The van der Waals surface area contributed by atoms with E-state index >= 15 is 0 Å². The lowest BCUT2D eigenvalue weighted by atomic mass is 9.99. The van der Waals surface area contributed by atoms with E-state index in [-0.39, 0.29) is 28.6 Å². The lowest BCUT2D eigenvalue weighted by Gasteiger charge is -2.24. The molecule has 2 rings (SSSR count). The molecule has 1 amide bonds. The van der Waals surface area contributed by atoms with Crippen molar-refractivity contribution in [3.63, 3.8) is 0 Å². The number of ketones is 1. The summed E-state index contributed by atoms with van der Waals surface area (Å²) in [6.45, 7) is 9.37. The lowest BCUT2D eigenvalue weighted by Crippen LogP contribution is -2.37. The minimum atomic E-state index is -0.609. The van der Waals surface area contributed by atoms with Crippen LogP contribution in [0.4, 0.5) is 4.79 Å². The van der Waals surface area contributed by atoms with Gasteiger partial charge in [0.25, 0.3) is 5.22 Å². The summed E-state index contributed by atoms with van der Waals surface area (Å²) in [6.07, 6.45) is 0.244. The summed E-state index contributed by atoms with van der Waals surface area (Å²) in [5, 5.41) is 11.7. The molecule has 1 aromatic carbocycles. The number of aromatic nitrogens is 2. The summed E-state index contributed by atoms with van der Waals surface area (Å²) in [6, 6.07) is 6.21. The zero-order valence-electron chi connectivity index (χ0n) is 17.2. The molecule has 0 aliphatic carbocycles. The van der Waals surface area contributed by atoms with Crippen LogP contribution in [0.25, 0.3) is 0 Å². The molecule has 0 fully saturated rings. The number of nitrogens with zero attached hydrogens (tertiary/aromatic N) is 2. The van der Waals surface area contributed by atoms with E-state index in [4.69, 9.17) is 20.8 Å². The fourth-order valence-corrected chi connectivity index (χ4v) is 3.16. The van der Waals surface area contributed by atoms with Crippen LogP contribution in [0.1, 0.15) is 63.3 Å². The summed E-state index contributed by atoms with van der Waals surface area (Å²) in [5.74, 6) is 0.413. The maximum absolute atomic E-state index is 12.3. The molecule has 1 heterocycles. The second-order valence-corrected chi connectivity index (χ2v) is 9.00. The molecule has 0 spiro atoms. The van der Waals surface area contributed by atoms with Crippen LogP contribution in [0, 0.1) is 5.92 Å². The highest BCUT2D eigenvalue weighted by Crippen LogP contribution is 2.27. The Labute approximate surface area is 179 Å². The van der Waals surface area contributed by atoms with Crippen molar-refractivity contribution >= 4 is 35.2 Å². The number of hydrogen-bond acceptors (Lipinski definition) is 7. The smallest absolute Gasteiger partial charge is 0.408 e. The first kappa shape index (κ1) is 23.2. The molecule has 158 valence electrons. The van der Waals surface area contributed by atoms with Crippen molar-refractivity contribution in [1.29, 1.82) is 0 Å². The van der Waals surface area contributed by atoms with Crippen LogP contribution in [0.3, 0.4) is 0 Å². The van der Waals surface area contributed by atoms with E-state index in [0.29, 0.717) is 10.6 Å². The van der Waals surface area contributed by atoms with Crippen molar-refractivity contribution in [2.24, 2.45) is 5.92 Å². The van der Waals surface area contributed by atoms with Gasteiger partial charge in [-0.1, -0.05) is 43.6 Å². The van der Waals surface area contributed by atoms with Crippen molar-refractivity contribution in [2.45, 2.75) is 57.9 Å². The van der Waals surface area contributed by atoms with E-state index in [2.05, 4.69) is 15.5 Å². The highest BCUT2D eigenvalue weighted by molar-refractivity contribution is 7.99. The predicted octanol–water partition coefficient (Wildman–Crippen LogP) is 5.31. The standard InChI is InChI=1S/C20H26ClN3O4S/c1-6-12(2)16(22-18(26)28-20(3,4)5)17-23-24-19(27-17)29-11-15(25)13-7-9-14(21)10-8-13/h7-10,12,16H,6,11H2,1-5H3,(H,22,26)/t12-,16+/m0/s1. The summed E-state index contributed by atoms with van der Waals surface area (Å²) < 4.78 is 11.0. The van der Waals surface area contributed by atoms with Crippen LogP contribution in [-0.2, 0) is 4.74 Å². The Kier molecular flexibility index (Phi) is 8.10. The van der Waals surface area contributed by atoms with Crippen LogP contribution in [-0.4, -0.2) is 33.4 Å². The molecule has 1 N–H and O–H groups in total. The molecule has 0 radical (unpaired) electrons. The highest BCUT2D eigenvalue weighted by atomic mass is 35.5. The normalized spacial score (nSPS) is 13.6. The molecule has 0 saturated carbocycles. The second-order valence-electron chi connectivity index (χ2n) is 7.63. The van der Waals surface area contributed by atoms with E-state index < -0.39 is 17.7 Å². The van der Waals surface area contributed by atoms with Gasteiger partial charge in [0.1, 0.15) is 11.6 Å². The Hall–Kier alpha value is -2.06. The number of hydrogen-bond donors (Lipinski definition) is 1. The molecule has 2 aromatic rings. The lowest BCUT2D eigenvalue weighted by molar-refractivity contribution is 0.0473. The number of thioether (sulfide) groups is 1. The van der Waals surface area contributed by atoms with Gasteiger partial charge in [0.2, 0.25) is 5.89 Å². The van der Waals surface area contributed by atoms with Gasteiger partial charge in [-0.15, -0.1) is 10.2 Å². The number of carbonyl (C=O) groups is 2. The number of nitrogens with one attached hydrogen (secondary N) is 1. The number of carbonyl (C=O) groups excluding carboxylic acids is 2. The van der Waals surface area contributed by atoms with E-state index in [0.717, 1.165) is 18.2 Å². The molecular formula is C20H26ClN3O4S. The van der Waals surface area contributed by atoms with Crippen molar-refractivity contribution in [3.8, 4) is 0 Å². The third kappa shape index (κ3) is 7.36. The van der Waals surface area contributed by atoms with Gasteiger partial charge in [0, 0.05) is 10.6 Å².